The quantitative estimate of drug-likeness (QED) is 0.904. The number of alkyl halides is 3. The predicted octanol–water partition coefficient (Wildman–Crippen LogP) is 1.97. The highest BCUT2D eigenvalue weighted by molar-refractivity contribution is 7.18. The smallest absolute Gasteiger partial charge is 0.418 e. The molecule has 9 heteroatoms. The molecule has 0 bridgehead atoms. The number of thiophene rings is 1. The van der Waals surface area contributed by atoms with Gasteiger partial charge in [-0.2, -0.15) is 23.1 Å². The van der Waals surface area contributed by atoms with Crippen molar-refractivity contribution < 1.29 is 23.0 Å². The molecule has 19 heavy (non-hydrogen) atoms. The molecule has 0 fully saturated rings. The minimum atomic E-state index is -4.51. The van der Waals surface area contributed by atoms with E-state index in [1.807, 2.05) is 0 Å². The van der Waals surface area contributed by atoms with Gasteiger partial charge in [-0.3, -0.25) is 0 Å². The number of ether oxygens (including phenoxy) is 1. The van der Waals surface area contributed by atoms with Crippen molar-refractivity contribution in [3.63, 3.8) is 0 Å². The molecule has 0 aliphatic carbocycles. The van der Waals surface area contributed by atoms with E-state index in [1.165, 1.54) is 6.92 Å². The summed E-state index contributed by atoms with van der Waals surface area (Å²) in [6.45, 7) is 1.04. The van der Waals surface area contributed by atoms with Gasteiger partial charge in [-0.15, -0.1) is 11.3 Å². The van der Waals surface area contributed by atoms with E-state index in [0.29, 0.717) is 0 Å². The molecule has 0 radical (unpaired) electrons. The normalized spacial score (nSPS) is 12.1. The lowest BCUT2D eigenvalue weighted by molar-refractivity contribution is -0.136. The number of fused-ring (bicyclic) bond motifs is 1. The molecule has 2 aromatic heterocycles. The number of hydrogen-bond acceptors (Lipinski definition) is 6. The summed E-state index contributed by atoms with van der Waals surface area (Å²) in [6, 6.07) is -0.144. The number of rotatable bonds is 3. The summed E-state index contributed by atoms with van der Waals surface area (Å²) in [5.74, 6) is -0.283. The molecule has 2 aromatic rings. The van der Waals surface area contributed by atoms with Gasteiger partial charge < -0.3 is 15.6 Å². The second-order valence-electron chi connectivity index (χ2n) is 3.67. The Kier molecular flexibility index (Phi) is 3.50. The number of aliphatic hydroxyl groups is 1. The van der Waals surface area contributed by atoms with Crippen molar-refractivity contribution in [1.82, 2.24) is 9.97 Å². The van der Waals surface area contributed by atoms with Gasteiger partial charge in [0, 0.05) is 4.88 Å². The highest BCUT2D eigenvalue weighted by Gasteiger charge is 2.37. The maximum absolute atomic E-state index is 12.9. The van der Waals surface area contributed by atoms with Gasteiger partial charge in [-0.1, -0.05) is 0 Å². The van der Waals surface area contributed by atoms with E-state index in [-0.39, 0.29) is 40.1 Å². The molecule has 0 atom stereocenters. The van der Waals surface area contributed by atoms with Crippen molar-refractivity contribution in [2.24, 2.45) is 0 Å². The minimum Gasteiger partial charge on any atom is -0.461 e. The van der Waals surface area contributed by atoms with E-state index in [2.05, 4.69) is 9.97 Å². The highest BCUT2D eigenvalue weighted by Crippen LogP contribution is 2.43. The third-order valence-electron chi connectivity index (χ3n) is 2.34. The number of nitrogens with two attached hydrogens (primary N) is 1. The third-order valence-corrected chi connectivity index (χ3v) is 3.34. The second kappa shape index (κ2) is 4.82. The molecule has 104 valence electrons. The number of aromatic nitrogens is 2. The molecule has 5 nitrogen and oxygen atoms in total. The number of nitrogen functional groups attached to an aromatic ring is 1. The van der Waals surface area contributed by atoms with Gasteiger partial charge in [0.2, 0.25) is 0 Å². The molecule has 2 rings (SSSR count). The van der Waals surface area contributed by atoms with Crippen molar-refractivity contribution >= 4 is 27.4 Å². The van der Waals surface area contributed by atoms with Crippen LogP contribution in [0.1, 0.15) is 10.4 Å². The Labute approximate surface area is 109 Å². The highest BCUT2D eigenvalue weighted by atomic mass is 32.1. The van der Waals surface area contributed by atoms with Crippen LogP contribution in [0.2, 0.25) is 0 Å². The van der Waals surface area contributed by atoms with Gasteiger partial charge in [0.25, 0.3) is 0 Å². The van der Waals surface area contributed by atoms with Gasteiger partial charge in [-0.25, -0.2) is 0 Å². The first-order valence-corrected chi connectivity index (χ1v) is 6.03. The Morgan fingerprint density at radius 1 is 1.37 bits per heavy atom. The van der Waals surface area contributed by atoms with Gasteiger partial charge in [0.15, 0.2) is 0 Å². The van der Waals surface area contributed by atoms with Crippen LogP contribution in [-0.2, 0) is 6.18 Å². The second-order valence-corrected chi connectivity index (χ2v) is 4.88. The van der Waals surface area contributed by atoms with E-state index in [4.69, 9.17) is 15.6 Å². The Morgan fingerprint density at radius 2 is 2.05 bits per heavy atom. The summed E-state index contributed by atoms with van der Waals surface area (Å²) in [5.41, 5.74) is 4.75. The third kappa shape index (κ3) is 2.56. The van der Waals surface area contributed by atoms with E-state index < -0.39 is 11.7 Å². The number of hydrogen-bond donors (Lipinski definition) is 2. The fourth-order valence-corrected chi connectivity index (χ4v) is 2.70. The van der Waals surface area contributed by atoms with Gasteiger partial charge >= 0.3 is 12.2 Å². The van der Waals surface area contributed by atoms with Crippen molar-refractivity contribution in [1.29, 1.82) is 0 Å². The number of nitrogens with zero attached hydrogens (tertiary/aromatic N) is 2. The first kappa shape index (κ1) is 13.8. The number of aliphatic hydroxyl groups excluding tert-OH is 1. The van der Waals surface area contributed by atoms with Crippen LogP contribution in [0.4, 0.5) is 19.0 Å². The number of aryl methyl sites for hydroxylation is 1. The van der Waals surface area contributed by atoms with Crippen LogP contribution >= 0.6 is 11.3 Å². The SMILES string of the molecule is Cc1sc2nc(OCCO)nc(N)c2c1C(F)(F)F. The Hall–Kier alpha value is -1.61. The maximum atomic E-state index is 12.9. The topological polar surface area (TPSA) is 81.3 Å². The summed E-state index contributed by atoms with van der Waals surface area (Å²) in [7, 11) is 0. The molecule has 3 N–H and O–H groups in total. The van der Waals surface area contributed by atoms with Crippen LogP contribution in [0.25, 0.3) is 10.2 Å². The van der Waals surface area contributed by atoms with Crippen molar-refractivity contribution in [2.75, 3.05) is 18.9 Å². The molecule has 0 saturated heterocycles. The molecular weight excluding hydrogens is 283 g/mol. The average molecular weight is 293 g/mol. The zero-order chi connectivity index (χ0) is 14.2. The van der Waals surface area contributed by atoms with Gasteiger partial charge in [-0.05, 0) is 6.92 Å². The molecule has 0 aliphatic rings. The Balaban J connectivity index is 2.60. The molecule has 0 aliphatic heterocycles. The zero-order valence-corrected chi connectivity index (χ0v) is 10.6. The molecule has 0 unspecified atom stereocenters. The molecule has 0 amide bonds. The lowest BCUT2D eigenvalue weighted by Gasteiger charge is -2.08. The van der Waals surface area contributed by atoms with E-state index in [9.17, 15) is 13.2 Å². The Morgan fingerprint density at radius 3 is 2.63 bits per heavy atom. The number of anilines is 1. The van der Waals surface area contributed by atoms with Crippen LogP contribution in [0.3, 0.4) is 0 Å². The summed E-state index contributed by atoms with van der Waals surface area (Å²) < 4.78 is 43.7. The molecule has 0 aromatic carbocycles. The first-order chi connectivity index (χ1) is 8.84. The molecular formula is C10H10F3N3O2S. The van der Waals surface area contributed by atoms with Crippen LogP contribution in [0.5, 0.6) is 6.01 Å². The van der Waals surface area contributed by atoms with Crippen molar-refractivity contribution in [3.8, 4) is 6.01 Å². The fourth-order valence-electron chi connectivity index (χ4n) is 1.66. The average Bonchev–Trinajstić information content (AvgIpc) is 2.62. The number of halogens is 3. The van der Waals surface area contributed by atoms with Crippen LogP contribution in [-0.4, -0.2) is 28.3 Å². The fraction of sp³-hybridized carbons (Fsp3) is 0.400. The van der Waals surface area contributed by atoms with Crippen LogP contribution < -0.4 is 10.5 Å². The van der Waals surface area contributed by atoms with E-state index in [1.54, 1.807) is 0 Å². The lowest BCUT2D eigenvalue weighted by atomic mass is 10.2. The monoisotopic (exact) mass is 293 g/mol. The summed E-state index contributed by atoms with van der Waals surface area (Å²) in [5, 5.41) is 8.40. The largest absolute Gasteiger partial charge is 0.461 e. The van der Waals surface area contributed by atoms with Gasteiger partial charge in [0.1, 0.15) is 17.3 Å². The molecule has 0 saturated carbocycles. The minimum absolute atomic E-state index is 0.0541. The molecule has 2 heterocycles. The summed E-state index contributed by atoms with van der Waals surface area (Å²) >= 11 is 0.874. The van der Waals surface area contributed by atoms with E-state index in [0.717, 1.165) is 11.3 Å². The van der Waals surface area contributed by atoms with Crippen molar-refractivity contribution in [2.45, 2.75) is 13.1 Å². The standard InChI is InChI=1S/C10H10F3N3O2S/c1-4-6(10(11,12)13)5-7(14)15-9(18-3-2-17)16-8(5)19-4/h17H,2-3H2,1H3,(H2,14,15,16). The lowest BCUT2D eigenvalue weighted by Crippen LogP contribution is -2.09. The van der Waals surface area contributed by atoms with Gasteiger partial charge in [0.05, 0.1) is 17.6 Å². The van der Waals surface area contributed by atoms with Crippen LogP contribution in [0, 0.1) is 6.92 Å². The Bertz CT molecular complexity index is 612. The summed E-state index contributed by atoms with van der Waals surface area (Å²) in [4.78, 5) is 7.72. The maximum Gasteiger partial charge on any atom is 0.418 e. The van der Waals surface area contributed by atoms with Crippen LogP contribution in [0.15, 0.2) is 0 Å². The first-order valence-electron chi connectivity index (χ1n) is 5.22. The predicted molar refractivity (Wildman–Crippen MR) is 64.1 cm³/mol. The van der Waals surface area contributed by atoms with Crippen molar-refractivity contribution in [3.05, 3.63) is 10.4 Å². The zero-order valence-electron chi connectivity index (χ0n) is 9.78. The molecule has 0 spiro atoms. The van der Waals surface area contributed by atoms with E-state index >= 15 is 0 Å². The summed E-state index contributed by atoms with van der Waals surface area (Å²) in [6.07, 6.45) is -4.51.